The van der Waals surface area contributed by atoms with Crippen LogP contribution in [0.25, 0.3) is 0 Å². The van der Waals surface area contributed by atoms with Crippen molar-refractivity contribution in [3.8, 4) is 51.7 Å². The molecule has 364 valence electrons. The number of fused-ring (bicyclic) bond motifs is 1. The summed E-state index contributed by atoms with van der Waals surface area (Å²) < 4.78 is 141. The first-order valence-corrected chi connectivity index (χ1v) is 27.7. The molecule has 0 unspecified atom stereocenters. The maximum Gasteiger partial charge on any atom is 0.525 e. The minimum absolute atomic E-state index is 0.145. The Morgan fingerprint density at radius 2 is 0.785 bits per heavy atom. The van der Waals surface area contributed by atoms with Gasteiger partial charge in [0.1, 0.15) is 23.4 Å². The Balaban J connectivity index is 2.08. The molecular formula is C22H26O35P8. The Morgan fingerprint density at radius 3 is 1.14 bits per heavy atom. The van der Waals surface area contributed by atoms with Crippen molar-refractivity contribution in [3.05, 3.63) is 53.1 Å². The van der Waals surface area contributed by atoms with Crippen molar-refractivity contribution in [2.24, 2.45) is 0 Å². The van der Waals surface area contributed by atoms with Crippen LogP contribution < -0.4 is 40.9 Å². The molecule has 1 heterocycles. The lowest BCUT2D eigenvalue weighted by Crippen LogP contribution is -2.35. The van der Waals surface area contributed by atoms with Gasteiger partial charge < -0.3 is 45.7 Å². The lowest BCUT2D eigenvalue weighted by Gasteiger charge is -2.35. The number of rotatable bonds is 19. The summed E-state index contributed by atoms with van der Waals surface area (Å²) in [5.74, 6) is -14.6. The topological polar surface area (TPSA) is 570 Å². The zero-order valence-corrected chi connectivity index (χ0v) is 37.5. The Bertz CT molecular complexity index is 2650. The summed E-state index contributed by atoms with van der Waals surface area (Å²) in [6, 6.07) is 1.90. The van der Waals surface area contributed by atoms with Crippen LogP contribution in [0.4, 0.5) is 0 Å². The number of phosphoric acid groups is 8. The predicted molar refractivity (Wildman–Crippen MR) is 197 cm³/mol. The van der Waals surface area contributed by atoms with Crippen LogP contribution in [0.3, 0.4) is 0 Å². The number of carbonyl (C=O) groups is 1. The number of esters is 1. The standard InChI is InChI=1S/C22H26O35P8/c23-22(9-3-17(54-62(36,37)38)21(57-65(45,46)47)18(4-9)55-63(39,40)41)49-14-7-11-12(5-10(50-58(24,25)26)6-13(11)51-59(27,28)29)48-19(14)8-1-15(52-60(30,31)32)20(56-64(42,43)44)16(2-8)53-61(33,34)35/h1-6,14,19H,7H2,(H2,24,25,26)(H2,27,28,29)(H2,30,31,32)(H2,33,34,35)(H2,36,37,38)(H2,39,40,41)(H2,42,43,44)(H2,45,46,47)/t14-,19-/m1/s1. The summed E-state index contributed by atoms with van der Waals surface area (Å²) in [7, 11) is -46.8. The minimum Gasteiger partial charge on any atom is -0.481 e. The molecule has 3 aromatic carbocycles. The summed E-state index contributed by atoms with van der Waals surface area (Å²) in [5.41, 5.74) is -2.81. The van der Waals surface area contributed by atoms with Crippen molar-refractivity contribution in [1.29, 1.82) is 0 Å². The number of carbonyl (C=O) groups excluding carboxylic acids is 1. The Hall–Kier alpha value is -3.47. The fraction of sp³-hybridized carbons (Fsp3) is 0.136. The maximum absolute atomic E-state index is 13.9. The first kappa shape index (κ1) is 54.1. The van der Waals surface area contributed by atoms with Gasteiger partial charge in [0.25, 0.3) is 0 Å². The van der Waals surface area contributed by atoms with Crippen molar-refractivity contribution < 1.29 is 165 Å². The van der Waals surface area contributed by atoms with E-state index in [4.69, 9.17) is 9.47 Å². The Morgan fingerprint density at radius 1 is 0.446 bits per heavy atom. The lowest BCUT2D eigenvalue weighted by molar-refractivity contribution is -0.0188. The van der Waals surface area contributed by atoms with Crippen molar-refractivity contribution in [3.63, 3.8) is 0 Å². The van der Waals surface area contributed by atoms with E-state index in [2.05, 4.69) is 36.2 Å². The molecule has 4 rings (SSSR count). The van der Waals surface area contributed by atoms with Gasteiger partial charge >= 0.3 is 68.6 Å². The van der Waals surface area contributed by atoms with Crippen LogP contribution in [0.2, 0.25) is 0 Å². The lowest BCUT2D eigenvalue weighted by atomic mass is 9.93. The van der Waals surface area contributed by atoms with Crippen LogP contribution in [0, 0.1) is 0 Å². The van der Waals surface area contributed by atoms with Gasteiger partial charge in [0.15, 0.2) is 29.1 Å². The molecule has 0 saturated carbocycles. The van der Waals surface area contributed by atoms with Gasteiger partial charge in [-0.3, -0.25) is 78.3 Å². The molecule has 0 saturated heterocycles. The summed E-state index contributed by atoms with van der Waals surface area (Å²) >= 11 is 0. The van der Waals surface area contributed by atoms with E-state index < -0.39 is 156 Å². The third kappa shape index (κ3) is 17.6. The summed E-state index contributed by atoms with van der Waals surface area (Å²) in [6.45, 7) is 0. The van der Waals surface area contributed by atoms with Gasteiger partial charge in [-0.2, -0.15) is 0 Å². The van der Waals surface area contributed by atoms with E-state index >= 15 is 0 Å². The van der Waals surface area contributed by atoms with Gasteiger partial charge in [0, 0.05) is 29.7 Å². The van der Waals surface area contributed by atoms with Crippen molar-refractivity contribution in [2.75, 3.05) is 0 Å². The Kier molecular flexibility index (Phi) is 15.7. The van der Waals surface area contributed by atoms with Gasteiger partial charge in [0.05, 0.1) is 5.56 Å². The number of hydrogen-bond donors (Lipinski definition) is 16. The van der Waals surface area contributed by atoms with E-state index in [-0.39, 0.29) is 12.1 Å². The van der Waals surface area contributed by atoms with Crippen LogP contribution in [0.1, 0.15) is 27.6 Å². The molecule has 0 fully saturated rings. The molecule has 3 aromatic rings. The summed E-state index contributed by atoms with van der Waals surface area (Å²) in [5, 5.41) is 0. The summed E-state index contributed by atoms with van der Waals surface area (Å²) in [6.07, 6.45) is -5.71. The van der Waals surface area contributed by atoms with Crippen LogP contribution in [0.5, 0.6) is 51.7 Å². The number of hydrogen-bond acceptors (Lipinski definition) is 19. The van der Waals surface area contributed by atoms with E-state index in [1.165, 1.54) is 0 Å². The highest BCUT2D eigenvalue weighted by Gasteiger charge is 2.42. The second kappa shape index (κ2) is 18.9. The van der Waals surface area contributed by atoms with Gasteiger partial charge in [-0.25, -0.2) is 41.3 Å². The third-order valence-corrected chi connectivity index (χ3v) is 10.2. The van der Waals surface area contributed by atoms with Crippen molar-refractivity contribution in [1.82, 2.24) is 0 Å². The molecule has 0 aliphatic carbocycles. The molecule has 0 aromatic heterocycles. The van der Waals surface area contributed by atoms with E-state index in [0.717, 1.165) is 0 Å². The summed E-state index contributed by atoms with van der Waals surface area (Å²) in [4.78, 5) is 166. The number of phosphoric ester groups is 8. The zero-order valence-electron chi connectivity index (χ0n) is 30.3. The molecule has 0 bridgehead atoms. The molecule has 2 atom stereocenters. The SMILES string of the molecule is O=C(O[C@@H]1Cc2c(cc(OP(=O)(O)O)cc2OP(=O)(O)O)O[C@@H]1c1cc(OP(=O)(O)O)c(OP(=O)(O)O)c(OP(=O)(O)O)c1)c1cc(OP(=O)(O)O)c(OP(=O)(O)O)c(OP(=O)(O)O)c1. The zero-order chi connectivity index (χ0) is 49.7. The molecule has 16 N–H and O–H groups in total. The second-order valence-corrected chi connectivity index (χ2v) is 21.2. The molecule has 35 nitrogen and oxygen atoms in total. The van der Waals surface area contributed by atoms with Crippen LogP contribution in [0.15, 0.2) is 36.4 Å². The van der Waals surface area contributed by atoms with Gasteiger partial charge in [-0.1, -0.05) is 0 Å². The van der Waals surface area contributed by atoms with Gasteiger partial charge in [-0.05, 0) is 24.3 Å². The first-order valence-electron chi connectivity index (χ1n) is 15.4. The fourth-order valence-corrected chi connectivity index (χ4v) is 8.27. The minimum atomic E-state index is -5.94. The van der Waals surface area contributed by atoms with Gasteiger partial charge in [-0.15, -0.1) is 0 Å². The fourth-order valence-electron chi connectivity index (χ4n) is 5.07. The number of ether oxygens (including phenoxy) is 2. The van der Waals surface area contributed by atoms with Crippen molar-refractivity contribution in [2.45, 2.75) is 18.6 Å². The average Bonchev–Trinajstić information content (AvgIpc) is 3.02. The first-order chi connectivity index (χ1) is 29.0. The van der Waals surface area contributed by atoms with Crippen LogP contribution in [-0.2, 0) is 47.7 Å². The largest absolute Gasteiger partial charge is 0.525 e. The predicted octanol–water partition coefficient (Wildman–Crippen LogP) is 0.360. The van der Waals surface area contributed by atoms with E-state index in [1.807, 2.05) is 0 Å². The van der Waals surface area contributed by atoms with E-state index in [0.29, 0.717) is 24.3 Å². The maximum atomic E-state index is 13.9. The molecule has 1 aliphatic heterocycles. The van der Waals surface area contributed by atoms with E-state index in [1.54, 1.807) is 0 Å². The quantitative estimate of drug-likeness (QED) is 0.0569. The molecule has 0 spiro atoms. The van der Waals surface area contributed by atoms with Crippen LogP contribution >= 0.6 is 62.6 Å². The monoisotopic (exact) mass is 1100 g/mol. The molecule has 65 heavy (non-hydrogen) atoms. The van der Waals surface area contributed by atoms with Gasteiger partial charge in [0.2, 0.25) is 11.5 Å². The highest BCUT2D eigenvalue weighted by atomic mass is 31.2. The third-order valence-electron chi connectivity index (χ3n) is 6.76. The Labute approximate surface area is 356 Å². The molecule has 0 amide bonds. The molecular weight excluding hydrogens is 1070 g/mol. The second-order valence-electron chi connectivity index (χ2n) is 11.9. The highest BCUT2D eigenvalue weighted by Crippen LogP contribution is 2.58. The normalized spacial score (nSPS) is 16.3. The van der Waals surface area contributed by atoms with Crippen molar-refractivity contribution >= 4 is 68.6 Å². The molecule has 1 aliphatic rings. The van der Waals surface area contributed by atoms with E-state index in [9.17, 15) is 120 Å². The highest BCUT2D eigenvalue weighted by molar-refractivity contribution is 7.48. The number of benzene rings is 3. The molecule has 43 heteroatoms. The average molecular weight is 1100 g/mol. The smallest absolute Gasteiger partial charge is 0.481 e. The molecule has 0 radical (unpaired) electrons. The van der Waals surface area contributed by atoms with Crippen LogP contribution in [-0.4, -0.2) is 90.4 Å².